The molecule has 0 saturated carbocycles. The van der Waals surface area contributed by atoms with Gasteiger partial charge in [-0.05, 0) is 54.8 Å². The number of aliphatic carboxylic acids is 1. The minimum atomic E-state index is -0.892. The fourth-order valence-corrected chi connectivity index (χ4v) is 3.10. The summed E-state index contributed by atoms with van der Waals surface area (Å²) in [5, 5.41) is 9.90. The van der Waals surface area contributed by atoms with E-state index in [1.165, 1.54) is 0 Å². The standard InChI is InChI=1S/C22H23NO4/c1-14(2)13-27-18-9-7-16(8-10-18)22(26)23-15(3)11-19-17(12-21(24)25)5-4-6-20(19)23/h4-11,14H,12-13H2,1-3H3,(H,24,25). The number of aromatic nitrogens is 1. The highest BCUT2D eigenvalue weighted by atomic mass is 16.5. The second-order valence-electron chi connectivity index (χ2n) is 7.08. The van der Waals surface area contributed by atoms with Crippen LogP contribution in [0.2, 0.25) is 0 Å². The van der Waals surface area contributed by atoms with Crippen LogP contribution in [-0.4, -0.2) is 28.2 Å². The molecule has 0 fully saturated rings. The maximum absolute atomic E-state index is 13.1. The molecule has 1 N–H and O–H groups in total. The maximum Gasteiger partial charge on any atom is 0.307 e. The molecule has 27 heavy (non-hydrogen) atoms. The van der Waals surface area contributed by atoms with E-state index in [2.05, 4.69) is 13.8 Å². The van der Waals surface area contributed by atoms with Crippen molar-refractivity contribution in [2.45, 2.75) is 27.2 Å². The SMILES string of the molecule is Cc1cc2c(CC(=O)O)cccc2n1C(=O)c1ccc(OCC(C)C)cc1. The van der Waals surface area contributed by atoms with E-state index in [9.17, 15) is 9.59 Å². The molecule has 1 heterocycles. The van der Waals surface area contributed by atoms with Gasteiger partial charge < -0.3 is 9.84 Å². The maximum atomic E-state index is 13.1. The predicted octanol–water partition coefficient (Wildman–Crippen LogP) is 4.30. The van der Waals surface area contributed by atoms with Crippen LogP contribution < -0.4 is 4.74 Å². The Bertz CT molecular complexity index is 983. The number of nitrogens with zero attached hydrogens (tertiary/aromatic N) is 1. The second-order valence-corrected chi connectivity index (χ2v) is 7.08. The molecule has 0 atom stereocenters. The smallest absolute Gasteiger partial charge is 0.307 e. The molecule has 0 radical (unpaired) electrons. The zero-order chi connectivity index (χ0) is 19.6. The third kappa shape index (κ3) is 4.03. The van der Waals surface area contributed by atoms with Gasteiger partial charge in [0.05, 0.1) is 18.5 Å². The molecular weight excluding hydrogens is 342 g/mol. The van der Waals surface area contributed by atoms with Gasteiger partial charge in [-0.15, -0.1) is 0 Å². The topological polar surface area (TPSA) is 68.5 Å². The van der Waals surface area contributed by atoms with Gasteiger partial charge in [-0.25, -0.2) is 0 Å². The van der Waals surface area contributed by atoms with Gasteiger partial charge >= 0.3 is 5.97 Å². The summed E-state index contributed by atoms with van der Waals surface area (Å²) in [6.45, 7) is 6.64. The van der Waals surface area contributed by atoms with E-state index in [-0.39, 0.29) is 12.3 Å². The molecule has 2 aromatic carbocycles. The molecule has 0 saturated heterocycles. The normalized spacial score (nSPS) is 11.1. The molecule has 3 aromatic rings. The molecule has 0 aliphatic rings. The summed E-state index contributed by atoms with van der Waals surface area (Å²) in [4.78, 5) is 24.2. The summed E-state index contributed by atoms with van der Waals surface area (Å²) in [5.41, 5.74) is 2.74. The summed E-state index contributed by atoms with van der Waals surface area (Å²) in [6.07, 6.45) is -0.0725. The summed E-state index contributed by atoms with van der Waals surface area (Å²) < 4.78 is 7.30. The highest BCUT2D eigenvalue weighted by molar-refractivity contribution is 6.04. The molecule has 0 aliphatic carbocycles. The van der Waals surface area contributed by atoms with E-state index in [1.54, 1.807) is 41.0 Å². The quantitative estimate of drug-likeness (QED) is 0.707. The molecule has 1 aromatic heterocycles. The predicted molar refractivity (Wildman–Crippen MR) is 105 cm³/mol. The molecule has 0 aliphatic heterocycles. The van der Waals surface area contributed by atoms with Crippen LogP contribution in [-0.2, 0) is 11.2 Å². The Morgan fingerprint density at radius 1 is 1.11 bits per heavy atom. The molecule has 5 heteroatoms. The van der Waals surface area contributed by atoms with E-state index in [1.807, 2.05) is 19.1 Å². The van der Waals surface area contributed by atoms with Gasteiger partial charge in [-0.3, -0.25) is 14.2 Å². The first-order chi connectivity index (χ1) is 12.9. The van der Waals surface area contributed by atoms with Gasteiger partial charge in [0.25, 0.3) is 5.91 Å². The van der Waals surface area contributed by atoms with Crippen molar-refractivity contribution in [2.24, 2.45) is 5.92 Å². The third-order valence-electron chi connectivity index (χ3n) is 4.35. The lowest BCUT2D eigenvalue weighted by Crippen LogP contribution is -2.13. The summed E-state index contributed by atoms with van der Waals surface area (Å²) >= 11 is 0. The number of aryl methyl sites for hydroxylation is 1. The van der Waals surface area contributed by atoms with Crippen LogP contribution in [0, 0.1) is 12.8 Å². The van der Waals surface area contributed by atoms with Gasteiger partial charge in [0.2, 0.25) is 0 Å². The number of carboxylic acid groups (broad SMARTS) is 1. The lowest BCUT2D eigenvalue weighted by atomic mass is 10.1. The first kappa shape index (κ1) is 18.7. The van der Waals surface area contributed by atoms with Crippen molar-refractivity contribution in [3.05, 3.63) is 65.4 Å². The molecule has 0 amide bonds. The summed E-state index contributed by atoms with van der Waals surface area (Å²) in [7, 11) is 0. The number of benzene rings is 2. The molecule has 0 bridgehead atoms. The zero-order valence-corrected chi connectivity index (χ0v) is 15.7. The lowest BCUT2D eigenvalue weighted by molar-refractivity contribution is -0.136. The number of carboxylic acids is 1. The molecule has 3 rings (SSSR count). The van der Waals surface area contributed by atoms with Gasteiger partial charge in [0, 0.05) is 16.6 Å². The first-order valence-electron chi connectivity index (χ1n) is 8.96. The monoisotopic (exact) mass is 365 g/mol. The van der Waals surface area contributed by atoms with Crippen molar-refractivity contribution in [3.63, 3.8) is 0 Å². The Labute approximate surface area is 158 Å². The average Bonchev–Trinajstić information content (AvgIpc) is 2.96. The van der Waals surface area contributed by atoms with E-state index in [0.717, 1.165) is 22.3 Å². The van der Waals surface area contributed by atoms with Crippen LogP contribution >= 0.6 is 0 Å². The molecule has 0 unspecified atom stereocenters. The number of fused-ring (bicyclic) bond motifs is 1. The van der Waals surface area contributed by atoms with Crippen LogP contribution in [0.25, 0.3) is 10.9 Å². The van der Waals surface area contributed by atoms with Crippen molar-refractivity contribution >= 4 is 22.8 Å². The fraction of sp³-hybridized carbons (Fsp3) is 0.273. The highest BCUT2D eigenvalue weighted by Crippen LogP contribution is 2.25. The van der Waals surface area contributed by atoms with Crippen LogP contribution in [0.4, 0.5) is 0 Å². The van der Waals surface area contributed by atoms with Crippen LogP contribution in [0.15, 0.2) is 48.5 Å². The van der Waals surface area contributed by atoms with Crippen LogP contribution in [0.5, 0.6) is 5.75 Å². The summed E-state index contributed by atoms with van der Waals surface area (Å²) in [5.74, 6) is 0.125. The Morgan fingerprint density at radius 3 is 2.44 bits per heavy atom. The number of rotatable bonds is 6. The van der Waals surface area contributed by atoms with Crippen molar-refractivity contribution < 1.29 is 19.4 Å². The zero-order valence-electron chi connectivity index (χ0n) is 15.7. The van der Waals surface area contributed by atoms with E-state index >= 15 is 0 Å². The van der Waals surface area contributed by atoms with E-state index < -0.39 is 5.97 Å². The van der Waals surface area contributed by atoms with Crippen LogP contribution in [0.1, 0.15) is 35.5 Å². The Hall–Kier alpha value is -3.08. The lowest BCUT2D eigenvalue weighted by Gasteiger charge is -2.10. The van der Waals surface area contributed by atoms with E-state index in [0.29, 0.717) is 23.7 Å². The van der Waals surface area contributed by atoms with Crippen molar-refractivity contribution in [3.8, 4) is 5.75 Å². The molecule has 140 valence electrons. The third-order valence-corrected chi connectivity index (χ3v) is 4.35. The van der Waals surface area contributed by atoms with Crippen molar-refractivity contribution in [1.82, 2.24) is 4.57 Å². The Kier molecular flexibility index (Phi) is 5.31. The van der Waals surface area contributed by atoms with Crippen molar-refractivity contribution in [2.75, 3.05) is 6.61 Å². The number of hydrogen-bond acceptors (Lipinski definition) is 3. The largest absolute Gasteiger partial charge is 0.493 e. The van der Waals surface area contributed by atoms with Gasteiger partial charge in [0.15, 0.2) is 0 Å². The molecule has 0 spiro atoms. The van der Waals surface area contributed by atoms with Crippen molar-refractivity contribution in [1.29, 1.82) is 0 Å². The Balaban J connectivity index is 1.94. The minimum absolute atomic E-state index is 0.0725. The van der Waals surface area contributed by atoms with Gasteiger partial charge in [0.1, 0.15) is 5.75 Å². The molecule has 5 nitrogen and oxygen atoms in total. The number of hydrogen-bond donors (Lipinski definition) is 1. The Morgan fingerprint density at radius 2 is 1.81 bits per heavy atom. The van der Waals surface area contributed by atoms with Gasteiger partial charge in [-0.2, -0.15) is 0 Å². The van der Waals surface area contributed by atoms with E-state index in [4.69, 9.17) is 9.84 Å². The average molecular weight is 365 g/mol. The fourth-order valence-electron chi connectivity index (χ4n) is 3.10. The van der Waals surface area contributed by atoms with Gasteiger partial charge in [-0.1, -0.05) is 26.0 Å². The number of carbonyl (C=O) groups is 2. The summed E-state index contributed by atoms with van der Waals surface area (Å²) in [6, 6.07) is 14.4. The minimum Gasteiger partial charge on any atom is -0.493 e. The molecular formula is C22H23NO4. The van der Waals surface area contributed by atoms with Crippen LogP contribution in [0.3, 0.4) is 0 Å². The highest BCUT2D eigenvalue weighted by Gasteiger charge is 2.17. The second kappa shape index (κ2) is 7.66. The number of ether oxygens (including phenoxy) is 1. The number of carbonyl (C=O) groups excluding carboxylic acids is 1. The first-order valence-corrected chi connectivity index (χ1v) is 8.96.